The lowest BCUT2D eigenvalue weighted by molar-refractivity contribution is 0.320. The van der Waals surface area contributed by atoms with Gasteiger partial charge in [-0.05, 0) is 25.5 Å². The molecule has 3 rings (SSSR count). The summed E-state index contributed by atoms with van der Waals surface area (Å²) in [6, 6.07) is 15.1. The zero-order valence-corrected chi connectivity index (χ0v) is 12.8. The van der Waals surface area contributed by atoms with Gasteiger partial charge in [0.25, 0.3) is 0 Å². The zero-order chi connectivity index (χ0) is 15.5. The van der Waals surface area contributed by atoms with Crippen LogP contribution in [0.3, 0.4) is 0 Å². The van der Waals surface area contributed by atoms with E-state index in [1.807, 2.05) is 49.4 Å². The van der Waals surface area contributed by atoms with Gasteiger partial charge in [0, 0.05) is 11.1 Å². The molecule has 0 saturated heterocycles. The molecule has 1 aromatic heterocycles. The van der Waals surface area contributed by atoms with Crippen LogP contribution in [0.2, 0.25) is 0 Å². The third-order valence-electron chi connectivity index (χ3n) is 3.61. The fourth-order valence-corrected chi connectivity index (χ4v) is 2.49. The maximum absolute atomic E-state index is 12.8. The minimum atomic E-state index is -0.0354. The van der Waals surface area contributed by atoms with Crippen LogP contribution in [0.4, 0.5) is 0 Å². The zero-order valence-electron chi connectivity index (χ0n) is 12.8. The van der Waals surface area contributed by atoms with E-state index >= 15 is 0 Å². The highest BCUT2D eigenvalue weighted by Gasteiger charge is 2.15. The molecule has 0 N–H and O–H groups in total. The number of rotatable bonds is 4. The van der Waals surface area contributed by atoms with E-state index in [1.54, 1.807) is 13.0 Å². The van der Waals surface area contributed by atoms with Crippen LogP contribution >= 0.6 is 0 Å². The lowest BCUT2D eigenvalue weighted by atomic mass is 10.1. The van der Waals surface area contributed by atoms with Gasteiger partial charge in [-0.25, -0.2) is 0 Å². The Morgan fingerprint density at radius 2 is 1.82 bits per heavy atom. The minimum Gasteiger partial charge on any atom is -0.493 e. The van der Waals surface area contributed by atoms with Crippen LogP contribution in [0.5, 0.6) is 5.75 Å². The summed E-state index contributed by atoms with van der Waals surface area (Å²) in [6.45, 7) is 4.41. The fraction of sp³-hybridized carbons (Fsp3) is 0.211. The van der Waals surface area contributed by atoms with E-state index in [9.17, 15) is 4.79 Å². The quantitative estimate of drug-likeness (QED) is 0.708. The molecule has 0 unspecified atom stereocenters. The first-order valence-electron chi connectivity index (χ1n) is 7.47. The molecule has 0 amide bonds. The van der Waals surface area contributed by atoms with Gasteiger partial charge >= 0.3 is 0 Å². The molecule has 0 spiro atoms. The van der Waals surface area contributed by atoms with Crippen molar-refractivity contribution in [2.75, 3.05) is 6.61 Å². The molecule has 2 aromatic carbocycles. The van der Waals surface area contributed by atoms with Gasteiger partial charge in [-0.1, -0.05) is 43.3 Å². The van der Waals surface area contributed by atoms with Crippen LogP contribution in [0.15, 0.2) is 57.7 Å². The van der Waals surface area contributed by atoms with Gasteiger partial charge in [-0.15, -0.1) is 0 Å². The molecule has 0 aliphatic rings. The average molecular weight is 294 g/mol. The van der Waals surface area contributed by atoms with Gasteiger partial charge in [0.15, 0.2) is 5.43 Å². The molecule has 0 fully saturated rings. The molecule has 0 radical (unpaired) electrons. The summed E-state index contributed by atoms with van der Waals surface area (Å²) >= 11 is 0. The molecule has 0 bridgehead atoms. The topological polar surface area (TPSA) is 39.4 Å². The molecular weight excluding hydrogens is 276 g/mol. The number of hydrogen-bond donors (Lipinski definition) is 0. The number of hydrogen-bond acceptors (Lipinski definition) is 3. The maximum atomic E-state index is 12.8. The largest absolute Gasteiger partial charge is 0.493 e. The van der Waals surface area contributed by atoms with Crippen molar-refractivity contribution in [1.82, 2.24) is 0 Å². The first kappa shape index (κ1) is 14.4. The van der Waals surface area contributed by atoms with Crippen molar-refractivity contribution in [3.05, 3.63) is 64.3 Å². The molecular formula is C19H18O3. The second-order valence-corrected chi connectivity index (χ2v) is 5.23. The van der Waals surface area contributed by atoms with Crippen LogP contribution in [0, 0.1) is 6.92 Å². The van der Waals surface area contributed by atoms with Gasteiger partial charge in [0.2, 0.25) is 0 Å². The van der Waals surface area contributed by atoms with Crippen molar-refractivity contribution >= 4 is 11.0 Å². The van der Waals surface area contributed by atoms with Crippen LogP contribution in [0.25, 0.3) is 22.3 Å². The third kappa shape index (κ3) is 2.50. The number of fused-ring (bicyclic) bond motifs is 1. The predicted molar refractivity (Wildman–Crippen MR) is 88.4 cm³/mol. The standard InChI is InChI=1S/C19H18O3/c1-3-12-21-15-10-7-11-16-17(15)18(20)13(2)19(22-16)14-8-5-4-6-9-14/h4-11H,3,12H2,1-2H3. The van der Waals surface area contributed by atoms with E-state index in [0.717, 1.165) is 12.0 Å². The van der Waals surface area contributed by atoms with Crippen molar-refractivity contribution in [3.63, 3.8) is 0 Å². The molecule has 0 saturated carbocycles. The summed E-state index contributed by atoms with van der Waals surface area (Å²) < 4.78 is 11.7. The molecule has 22 heavy (non-hydrogen) atoms. The van der Waals surface area contributed by atoms with Crippen molar-refractivity contribution in [2.24, 2.45) is 0 Å². The summed E-state index contributed by atoms with van der Waals surface area (Å²) in [5, 5.41) is 0.521. The molecule has 112 valence electrons. The highest BCUT2D eigenvalue weighted by atomic mass is 16.5. The Morgan fingerprint density at radius 1 is 1.05 bits per heavy atom. The smallest absolute Gasteiger partial charge is 0.199 e. The first-order chi connectivity index (χ1) is 10.7. The summed E-state index contributed by atoms with van der Waals surface area (Å²) in [7, 11) is 0. The van der Waals surface area contributed by atoms with Crippen LogP contribution in [-0.2, 0) is 0 Å². The summed E-state index contributed by atoms with van der Waals surface area (Å²) in [5.41, 5.74) is 2.03. The second-order valence-electron chi connectivity index (χ2n) is 5.23. The van der Waals surface area contributed by atoms with E-state index in [2.05, 4.69) is 0 Å². The number of benzene rings is 2. The Hall–Kier alpha value is -2.55. The molecule has 0 aliphatic heterocycles. The van der Waals surface area contributed by atoms with E-state index < -0.39 is 0 Å². The van der Waals surface area contributed by atoms with Crippen molar-refractivity contribution in [1.29, 1.82) is 0 Å². The van der Waals surface area contributed by atoms with Crippen LogP contribution in [0.1, 0.15) is 18.9 Å². The monoisotopic (exact) mass is 294 g/mol. The summed E-state index contributed by atoms with van der Waals surface area (Å²) in [5.74, 6) is 1.21. The van der Waals surface area contributed by atoms with Gasteiger partial charge in [0.1, 0.15) is 22.5 Å². The lowest BCUT2D eigenvalue weighted by Crippen LogP contribution is -2.09. The van der Waals surface area contributed by atoms with Crippen LogP contribution < -0.4 is 10.2 Å². The molecule has 1 heterocycles. The number of ether oxygens (including phenoxy) is 1. The SMILES string of the molecule is CCCOc1cccc2oc(-c3ccccc3)c(C)c(=O)c12. The molecule has 3 heteroatoms. The Kier molecular flexibility index (Phi) is 3.96. The van der Waals surface area contributed by atoms with Gasteiger partial charge in [-0.2, -0.15) is 0 Å². The summed E-state index contributed by atoms with van der Waals surface area (Å²) in [6.07, 6.45) is 0.892. The van der Waals surface area contributed by atoms with Crippen molar-refractivity contribution in [2.45, 2.75) is 20.3 Å². The highest BCUT2D eigenvalue weighted by molar-refractivity contribution is 5.86. The fourth-order valence-electron chi connectivity index (χ4n) is 2.49. The average Bonchev–Trinajstić information content (AvgIpc) is 2.56. The first-order valence-corrected chi connectivity index (χ1v) is 7.47. The Balaban J connectivity index is 2.24. The lowest BCUT2D eigenvalue weighted by Gasteiger charge is -2.10. The van der Waals surface area contributed by atoms with E-state index in [-0.39, 0.29) is 5.43 Å². The minimum absolute atomic E-state index is 0.0354. The van der Waals surface area contributed by atoms with E-state index in [4.69, 9.17) is 9.15 Å². The molecule has 0 atom stereocenters. The van der Waals surface area contributed by atoms with Gasteiger partial charge < -0.3 is 9.15 Å². The van der Waals surface area contributed by atoms with E-state index in [1.165, 1.54) is 0 Å². The van der Waals surface area contributed by atoms with Gasteiger partial charge in [0.05, 0.1) is 6.61 Å². The third-order valence-corrected chi connectivity index (χ3v) is 3.61. The highest BCUT2D eigenvalue weighted by Crippen LogP contribution is 2.29. The maximum Gasteiger partial charge on any atom is 0.199 e. The molecule has 3 nitrogen and oxygen atoms in total. The Morgan fingerprint density at radius 3 is 2.55 bits per heavy atom. The normalized spacial score (nSPS) is 10.8. The van der Waals surface area contributed by atoms with Crippen molar-refractivity contribution in [3.8, 4) is 17.1 Å². The van der Waals surface area contributed by atoms with Crippen LogP contribution in [-0.4, -0.2) is 6.61 Å². The van der Waals surface area contributed by atoms with Gasteiger partial charge in [-0.3, -0.25) is 4.79 Å². The molecule has 3 aromatic rings. The van der Waals surface area contributed by atoms with Crippen molar-refractivity contribution < 1.29 is 9.15 Å². The second kappa shape index (κ2) is 6.06. The Labute approximate surface area is 129 Å². The Bertz CT molecular complexity index is 848. The predicted octanol–water partition coefficient (Wildman–Crippen LogP) is 4.56. The van der Waals surface area contributed by atoms with E-state index in [0.29, 0.717) is 34.6 Å². The summed E-state index contributed by atoms with van der Waals surface area (Å²) in [4.78, 5) is 12.8. The molecule has 0 aliphatic carbocycles.